The van der Waals surface area contributed by atoms with Gasteiger partial charge in [-0.05, 0) is 5.56 Å². The molecular formula is C9H11N3O3. The summed E-state index contributed by atoms with van der Waals surface area (Å²) in [6.07, 6.45) is 4.57. The molecule has 1 rings (SSSR count). The van der Waals surface area contributed by atoms with E-state index in [4.69, 9.17) is 5.11 Å². The van der Waals surface area contributed by atoms with E-state index in [1.807, 2.05) is 0 Å². The lowest BCUT2D eigenvalue weighted by Crippen LogP contribution is -2.41. The van der Waals surface area contributed by atoms with Gasteiger partial charge in [-0.2, -0.15) is 0 Å². The SMILES string of the molecule is CC(=O)NC(Cc1cncnc1)C(=O)O. The van der Waals surface area contributed by atoms with Gasteiger partial charge in [0.25, 0.3) is 0 Å². The number of nitrogens with zero attached hydrogens (tertiary/aromatic N) is 2. The molecule has 80 valence electrons. The molecule has 6 nitrogen and oxygen atoms in total. The van der Waals surface area contributed by atoms with E-state index in [-0.39, 0.29) is 12.3 Å². The minimum absolute atomic E-state index is 0.176. The van der Waals surface area contributed by atoms with Crippen LogP contribution in [0.3, 0.4) is 0 Å². The van der Waals surface area contributed by atoms with Crippen molar-refractivity contribution >= 4 is 11.9 Å². The number of nitrogens with one attached hydrogen (secondary N) is 1. The molecule has 1 aromatic rings. The molecule has 0 radical (unpaired) electrons. The van der Waals surface area contributed by atoms with Gasteiger partial charge in [-0.3, -0.25) is 4.79 Å². The Morgan fingerprint density at radius 2 is 2.07 bits per heavy atom. The molecule has 0 bridgehead atoms. The zero-order valence-electron chi connectivity index (χ0n) is 8.17. The molecule has 1 atom stereocenters. The summed E-state index contributed by atoms with van der Waals surface area (Å²) in [4.78, 5) is 29.0. The molecule has 0 aliphatic carbocycles. The van der Waals surface area contributed by atoms with E-state index in [1.165, 1.54) is 25.6 Å². The summed E-state index contributed by atoms with van der Waals surface area (Å²) >= 11 is 0. The monoisotopic (exact) mass is 209 g/mol. The number of hydrogen-bond donors (Lipinski definition) is 2. The standard InChI is InChI=1S/C9H11N3O3/c1-6(13)12-8(9(14)15)2-7-3-10-5-11-4-7/h3-5,8H,2H2,1H3,(H,12,13)(H,14,15). The van der Waals surface area contributed by atoms with Gasteiger partial charge >= 0.3 is 5.97 Å². The maximum Gasteiger partial charge on any atom is 0.326 e. The highest BCUT2D eigenvalue weighted by Crippen LogP contribution is 2.00. The number of carboxylic acid groups (broad SMARTS) is 1. The summed E-state index contributed by atoms with van der Waals surface area (Å²) in [5, 5.41) is 11.2. The first kappa shape index (κ1) is 11.1. The predicted molar refractivity (Wildman–Crippen MR) is 51.0 cm³/mol. The van der Waals surface area contributed by atoms with Gasteiger partial charge < -0.3 is 10.4 Å². The molecule has 1 unspecified atom stereocenters. The van der Waals surface area contributed by atoms with Crippen LogP contribution in [0.5, 0.6) is 0 Å². The second kappa shape index (κ2) is 5.04. The number of aliphatic carboxylic acids is 1. The van der Waals surface area contributed by atoms with Gasteiger partial charge in [0, 0.05) is 25.7 Å². The van der Waals surface area contributed by atoms with E-state index in [0.29, 0.717) is 5.56 Å². The Morgan fingerprint density at radius 3 is 2.53 bits per heavy atom. The van der Waals surface area contributed by atoms with Crippen LogP contribution in [-0.4, -0.2) is 33.0 Å². The first-order chi connectivity index (χ1) is 7.09. The van der Waals surface area contributed by atoms with Crippen molar-refractivity contribution in [3.8, 4) is 0 Å². The third-order valence-corrected chi connectivity index (χ3v) is 1.73. The number of aromatic nitrogens is 2. The number of carboxylic acids is 1. The lowest BCUT2D eigenvalue weighted by Gasteiger charge is -2.12. The lowest BCUT2D eigenvalue weighted by atomic mass is 10.1. The number of amides is 1. The molecule has 0 saturated heterocycles. The molecule has 0 saturated carbocycles. The zero-order chi connectivity index (χ0) is 11.3. The lowest BCUT2D eigenvalue weighted by molar-refractivity contribution is -0.141. The number of carbonyl (C=O) groups is 2. The Kier molecular flexibility index (Phi) is 3.73. The number of hydrogen-bond acceptors (Lipinski definition) is 4. The summed E-state index contributed by atoms with van der Waals surface area (Å²) in [6.45, 7) is 1.28. The van der Waals surface area contributed by atoms with E-state index < -0.39 is 12.0 Å². The predicted octanol–water partition coefficient (Wildman–Crippen LogP) is -0.392. The fourth-order valence-electron chi connectivity index (χ4n) is 1.12. The highest BCUT2D eigenvalue weighted by atomic mass is 16.4. The second-order valence-electron chi connectivity index (χ2n) is 3.04. The fraction of sp³-hybridized carbons (Fsp3) is 0.333. The average molecular weight is 209 g/mol. The van der Waals surface area contributed by atoms with Crippen molar-refractivity contribution in [2.45, 2.75) is 19.4 Å². The highest BCUT2D eigenvalue weighted by Gasteiger charge is 2.18. The Labute approximate surface area is 86.4 Å². The highest BCUT2D eigenvalue weighted by molar-refractivity contribution is 5.82. The minimum atomic E-state index is -1.07. The van der Waals surface area contributed by atoms with Crippen molar-refractivity contribution in [2.24, 2.45) is 0 Å². The summed E-state index contributed by atoms with van der Waals surface area (Å²) in [6, 6.07) is -0.937. The van der Waals surface area contributed by atoms with Crippen LogP contribution in [-0.2, 0) is 16.0 Å². The van der Waals surface area contributed by atoms with Crippen LogP contribution in [0.25, 0.3) is 0 Å². The third kappa shape index (κ3) is 3.72. The summed E-state index contributed by atoms with van der Waals surface area (Å²) in [5.41, 5.74) is 0.665. The second-order valence-corrected chi connectivity index (χ2v) is 3.04. The first-order valence-electron chi connectivity index (χ1n) is 4.33. The van der Waals surface area contributed by atoms with Crippen molar-refractivity contribution in [1.82, 2.24) is 15.3 Å². The van der Waals surface area contributed by atoms with Crippen LogP contribution in [0.15, 0.2) is 18.7 Å². The molecule has 1 heterocycles. The van der Waals surface area contributed by atoms with E-state index in [1.54, 1.807) is 0 Å². The molecule has 1 aromatic heterocycles. The van der Waals surface area contributed by atoms with Gasteiger partial charge in [-0.25, -0.2) is 14.8 Å². The topological polar surface area (TPSA) is 92.2 Å². The van der Waals surface area contributed by atoms with Crippen LogP contribution in [0, 0.1) is 0 Å². The first-order valence-corrected chi connectivity index (χ1v) is 4.33. The zero-order valence-corrected chi connectivity index (χ0v) is 8.17. The van der Waals surface area contributed by atoms with Gasteiger partial charge in [-0.1, -0.05) is 0 Å². The fourth-order valence-corrected chi connectivity index (χ4v) is 1.12. The van der Waals surface area contributed by atoms with Crippen molar-refractivity contribution in [3.05, 3.63) is 24.3 Å². The Bertz CT molecular complexity index is 353. The molecule has 0 fully saturated rings. The molecule has 6 heteroatoms. The molecule has 2 N–H and O–H groups in total. The van der Waals surface area contributed by atoms with Crippen molar-refractivity contribution in [3.63, 3.8) is 0 Å². The average Bonchev–Trinajstić information content (AvgIpc) is 2.17. The van der Waals surface area contributed by atoms with Crippen LogP contribution in [0.2, 0.25) is 0 Å². The number of rotatable bonds is 4. The molecule has 1 amide bonds. The molecule has 0 aromatic carbocycles. The molecule has 15 heavy (non-hydrogen) atoms. The summed E-state index contributed by atoms with van der Waals surface area (Å²) in [7, 11) is 0. The van der Waals surface area contributed by atoms with Crippen LogP contribution < -0.4 is 5.32 Å². The van der Waals surface area contributed by atoms with Gasteiger partial charge in [0.2, 0.25) is 5.91 Å². The third-order valence-electron chi connectivity index (χ3n) is 1.73. The molecular weight excluding hydrogens is 198 g/mol. The van der Waals surface area contributed by atoms with Gasteiger partial charge in [0.15, 0.2) is 0 Å². The van der Waals surface area contributed by atoms with Crippen molar-refractivity contribution in [2.75, 3.05) is 0 Å². The number of carbonyl (C=O) groups excluding carboxylic acids is 1. The Balaban J connectivity index is 2.67. The van der Waals surface area contributed by atoms with Gasteiger partial charge in [0.1, 0.15) is 12.4 Å². The Morgan fingerprint density at radius 1 is 1.47 bits per heavy atom. The van der Waals surface area contributed by atoms with Gasteiger partial charge in [-0.15, -0.1) is 0 Å². The van der Waals surface area contributed by atoms with E-state index in [0.717, 1.165) is 0 Å². The molecule has 0 aliphatic rings. The minimum Gasteiger partial charge on any atom is -0.480 e. The van der Waals surface area contributed by atoms with Crippen LogP contribution in [0.1, 0.15) is 12.5 Å². The largest absolute Gasteiger partial charge is 0.480 e. The quantitative estimate of drug-likeness (QED) is 0.704. The normalized spacial score (nSPS) is 11.8. The van der Waals surface area contributed by atoms with E-state index in [9.17, 15) is 9.59 Å². The van der Waals surface area contributed by atoms with E-state index >= 15 is 0 Å². The van der Waals surface area contributed by atoms with Crippen LogP contribution >= 0.6 is 0 Å². The maximum atomic E-state index is 10.8. The van der Waals surface area contributed by atoms with Crippen molar-refractivity contribution < 1.29 is 14.7 Å². The van der Waals surface area contributed by atoms with Gasteiger partial charge in [0.05, 0.1) is 0 Å². The summed E-state index contributed by atoms with van der Waals surface area (Å²) < 4.78 is 0. The smallest absolute Gasteiger partial charge is 0.326 e. The summed E-state index contributed by atoms with van der Waals surface area (Å²) in [5.74, 6) is -1.45. The Hall–Kier alpha value is -1.98. The van der Waals surface area contributed by atoms with Crippen molar-refractivity contribution in [1.29, 1.82) is 0 Å². The molecule has 0 spiro atoms. The maximum absolute atomic E-state index is 10.8. The van der Waals surface area contributed by atoms with E-state index in [2.05, 4.69) is 15.3 Å². The van der Waals surface area contributed by atoms with Crippen LogP contribution in [0.4, 0.5) is 0 Å². The molecule has 0 aliphatic heterocycles.